The van der Waals surface area contributed by atoms with Crippen molar-refractivity contribution < 1.29 is 14.3 Å². The number of ether oxygens (including phenoxy) is 2. The molecule has 0 spiro atoms. The van der Waals surface area contributed by atoms with Crippen molar-refractivity contribution in [2.45, 2.75) is 25.9 Å². The number of benzene rings is 1. The normalized spacial score (nSPS) is 26.6. The third kappa shape index (κ3) is 1.84. The Morgan fingerprint density at radius 2 is 2.29 bits per heavy atom. The Hall–Kier alpha value is -1.35. The van der Waals surface area contributed by atoms with Crippen LogP contribution >= 0.6 is 0 Å². The highest BCUT2D eigenvalue weighted by Crippen LogP contribution is 2.33. The molecule has 2 aliphatic rings. The number of hydrogen-bond donors (Lipinski definition) is 0. The van der Waals surface area contributed by atoms with Crippen molar-refractivity contribution in [1.82, 2.24) is 0 Å². The molecule has 0 aromatic heterocycles. The molecule has 17 heavy (non-hydrogen) atoms. The lowest BCUT2D eigenvalue weighted by atomic mass is 9.93. The second kappa shape index (κ2) is 4.15. The molecule has 1 aromatic carbocycles. The first kappa shape index (κ1) is 10.8. The van der Waals surface area contributed by atoms with Crippen molar-refractivity contribution in [2.24, 2.45) is 5.92 Å². The van der Waals surface area contributed by atoms with Crippen molar-refractivity contribution >= 4 is 5.78 Å². The summed E-state index contributed by atoms with van der Waals surface area (Å²) in [6.45, 7) is 3.25. The number of fused-ring (bicyclic) bond motifs is 1. The van der Waals surface area contributed by atoms with Crippen LogP contribution in [0.5, 0.6) is 5.75 Å². The summed E-state index contributed by atoms with van der Waals surface area (Å²) in [4.78, 5) is 12.4. The van der Waals surface area contributed by atoms with E-state index in [1.165, 1.54) is 0 Å². The molecule has 2 heterocycles. The predicted octanol–water partition coefficient (Wildman–Crippen LogP) is 2.23. The summed E-state index contributed by atoms with van der Waals surface area (Å²) in [6.07, 6.45) is 1.93. The molecule has 2 aliphatic heterocycles. The number of Topliss-reactive ketones (excluding diaryl/α,β-unsaturated/α-hetero) is 1. The maximum Gasteiger partial charge on any atom is 0.172 e. The third-order valence-electron chi connectivity index (χ3n) is 3.55. The van der Waals surface area contributed by atoms with E-state index in [1.807, 2.05) is 25.1 Å². The summed E-state index contributed by atoms with van der Waals surface area (Å²) in [5.41, 5.74) is 1.89. The number of rotatable bonds is 2. The van der Waals surface area contributed by atoms with E-state index in [2.05, 4.69) is 0 Å². The smallest absolute Gasteiger partial charge is 0.172 e. The Morgan fingerprint density at radius 3 is 3.06 bits per heavy atom. The summed E-state index contributed by atoms with van der Waals surface area (Å²) in [6, 6.07) is 5.85. The fraction of sp³-hybridized carbons (Fsp3) is 0.500. The highest BCUT2D eigenvalue weighted by molar-refractivity contribution is 6.01. The molecule has 90 valence electrons. The zero-order chi connectivity index (χ0) is 11.8. The quantitative estimate of drug-likeness (QED) is 0.733. The van der Waals surface area contributed by atoms with Gasteiger partial charge in [0.1, 0.15) is 5.75 Å². The summed E-state index contributed by atoms with van der Waals surface area (Å²) < 4.78 is 11.0. The standard InChI is InChI=1S/C14H16O3/c1-9-7-11(8-17-9)13(15)12-4-2-3-10-5-6-16-14(10)12/h2-4,9,11H,5-8H2,1H3. The summed E-state index contributed by atoms with van der Waals surface area (Å²) in [5, 5.41) is 0. The van der Waals surface area contributed by atoms with Gasteiger partial charge in [0.2, 0.25) is 0 Å². The summed E-state index contributed by atoms with van der Waals surface area (Å²) in [5.74, 6) is 0.978. The zero-order valence-corrected chi connectivity index (χ0v) is 9.94. The maximum absolute atomic E-state index is 12.4. The van der Waals surface area contributed by atoms with Gasteiger partial charge < -0.3 is 9.47 Å². The van der Waals surface area contributed by atoms with Gasteiger partial charge in [-0.05, 0) is 25.0 Å². The van der Waals surface area contributed by atoms with E-state index < -0.39 is 0 Å². The average molecular weight is 232 g/mol. The Labute approximate surface area is 101 Å². The minimum atomic E-state index is 0.000648. The van der Waals surface area contributed by atoms with Gasteiger partial charge in [-0.2, -0.15) is 0 Å². The average Bonchev–Trinajstić information content (AvgIpc) is 2.95. The van der Waals surface area contributed by atoms with Gasteiger partial charge in [0.25, 0.3) is 0 Å². The van der Waals surface area contributed by atoms with Gasteiger partial charge in [0.05, 0.1) is 24.9 Å². The van der Waals surface area contributed by atoms with Crippen molar-refractivity contribution in [2.75, 3.05) is 13.2 Å². The van der Waals surface area contributed by atoms with Crippen LogP contribution in [-0.2, 0) is 11.2 Å². The minimum absolute atomic E-state index is 0.000648. The van der Waals surface area contributed by atoms with Gasteiger partial charge in [0, 0.05) is 12.3 Å². The molecule has 0 N–H and O–H groups in total. The molecule has 0 saturated carbocycles. The van der Waals surface area contributed by atoms with E-state index in [-0.39, 0.29) is 17.8 Å². The number of carbonyl (C=O) groups is 1. The van der Waals surface area contributed by atoms with E-state index in [4.69, 9.17) is 9.47 Å². The van der Waals surface area contributed by atoms with Gasteiger partial charge in [0.15, 0.2) is 5.78 Å². The number of para-hydroxylation sites is 1. The first-order valence-corrected chi connectivity index (χ1v) is 6.16. The van der Waals surface area contributed by atoms with Crippen LogP contribution in [0.4, 0.5) is 0 Å². The van der Waals surface area contributed by atoms with Crippen molar-refractivity contribution in [3.63, 3.8) is 0 Å². The topological polar surface area (TPSA) is 35.5 Å². The van der Waals surface area contributed by atoms with Gasteiger partial charge in [-0.1, -0.05) is 12.1 Å². The highest BCUT2D eigenvalue weighted by atomic mass is 16.5. The van der Waals surface area contributed by atoms with Gasteiger partial charge in [-0.15, -0.1) is 0 Å². The molecule has 1 aromatic rings. The van der Waals surface area contributed by atoms with E-state index in [9.17, 15) is 4.79 Å². The molecule has 3 nitrogen and oxygen atoms in total. The van der Waals surface area contributed by atoms with Crippen LogP contribution in [0.15, 0.2) is 18.2 Å². The van der Waals surface area contributed by atoms with E-state index in [1.54, 1.807) is 0 Å². The third-order valence-corrected chi connectivity index (χ3v) is 3.55. The van der Waals surface area contributed by atoms with Crippen LogP contribution < -0.4 is 4.74 Å². The van der Waals surface area contributed by atoms with Crippen molar-refractivity contribution in [3.8, 4) is 5.75 Å². The minimum Gasteiger partial charge on any atom is -0.492 e. The van der Waals surface area contributed by atoms with Crippen LogP contribution in [0.1, 0.15) is 29.3 Å². The van der Waals surface area contributed by atoms with E-state index in [0.717, 1.165) is 29.7 Å². The lowest BCUT2D eigenvalue weighted by molar-refractivity contribution is 0.0875. The molecule has 3 rings (SSSR count). The molecular weight excluding hydrogens is 216 g/mol. The van der Waals surface area contributed by atoms with Crippen LogP contribution in [0, 0.1) is 5.92 Å². The number of ketones is 1. The van der Waals surface area contributed by atoms with Gasteiger partial charge >= 0.3 is 0 Å². The fourth-order valence-electron chi connectivity index (χ4n) is 2.63. The van der Waals surface area contributed by atoms with E-state index in [0.29, 0.717) is 13.2 Å². The largest absolute Gasteiger partial charge is 0.492 e. The van der Waals surface area contributed by atoms with Gasteiger partial charge in [-0.25, -0.2) is 0 Å². The van der Waals surface area contributed by atoms with Crippen molar-refractivity contribution in [1.29, 1.82) is 0 Å². The predicted molar refractivity (Wildman–Crippen MR) is 63.5 cm³/mol. The Bertz CT molecular complexity index is 453. The lowest BCUT2D eigenvalue weighted by Gasteiger charge is -2.10. The second-order valence-corrected chi connectivity index (χ2v) is 4.83. The molecule has 2 unspecified atom stereocenters. The molecular formula is C14H16O3. The SMILES string of the molecule is CC1CC(C(=O)c2cccc3c2OCC3)CO1. The molecule has 1 fully saturated rings. The Balaban J connectivity index is 1.89. The fourth-order valence-corrected chi connectivity index (χ4v) is 2.63. The monoisotopic (exact) mass is 232 g/mol. The Kier molecular flexibility index (Phi) is 2.63. The van der Waals surface area contributed by atoms with Gasteiger partial charge in [-0.3, -0.25) is 4.79 Å². The van der Waals surface area contributed by atoms with Crippen molar-refractivity contribution in [3.05, 3.63) is 29.3 Å². The molecule has 1 saturated heterocycles. The summed E-state index contributed by atoms with van der Waals surface area (Å²) >= 11 is 0. The number of carbonyl (C=O) groups excluding carboxylic acids is 1. The molecule has 3 heteroatoms. The highest BCUT2D eigenvalue weighted by Gasteiger charge is 2.31. The van der Waals surface area contributed by atoms with Crippen LogP contribution in [0.25, 0.3) is 0 Å². The van der Waals surface area contributed by atoms with Crippen LogP contribution in [0.2, 0.25) is 0 Å². The first-order chi connectivity index (χ1) is 8.25. The zero-order valence-electron chi connectivity index (χ0n) is 9.94. The summed E-state index contributed by atoms with van der Waals surface area (Å²) in [7, 11) is 0. The van der Waals surface area contributed by atoms with Crippen LogP contribution in [0.3, 0.4) is 0 Å². The molecule has 0 aliphatic carbocycles. The second-order valence-electron chi connectivity index (χ2n) is 4.83. The number of hydrogen-bond acceptors (Lipinski definition) is 3. The maximum atomic E-state index is 12.4. The van der Waals surface area contributed by atoms with E-state index >= 15 is 0 Å². The molecule has 2 atom stereocenters. The first-order valence-electron chi connectivity index (χ1n) is 6.16. The lowest BCUT2D eigenvalue weighted by Crippen LogP contribution is -2.15. The molecule has 0 radical (unpaired) electrons. The molecule has 0 amide bonds. The van der Waals surface area contributed by atoms with Crippen LogP contribution in [-0.4, -0.2) is 25.1 Å². The molecule has 0 bridgehead atoms. The Morgan fingerprint density at radius 1 is 1.41 bits per heavy atom.